The number of nitrogens with one attached hydrogen (secondary N) is 1. The Kier molecular flexibility index (Phi) is 3.73. The molecule has 1 fully saturated rings. The van der Waals surface area contributed by atoms with Crippen LogP contribution in [-0.4, -0.2) is 12.6 Å². The van der Waals surface area contributed by atoms with Crippen molar-refractivity contribution in [2.75, 3.05) is 6.54 Å². The Morgan fingerprint density at radius 1 is 1.38 bits per heavy atom. The summed E-state index contributed by atoms with van der Waals surface area (Å²) in [6.45, 7) is 8.12. The van der Waals surface area contributed by atoms with E-state index >= 15 is 0 Å². The molecule has 0 bridgehead atoms. The fourth-order valence-electron chi connectivity index (χ4n) is 3.51. The SMILES string of the molecule is CC1CC(CNC(C)C)(C2=CCCCC2)C1. The van der Waals surface area contributed by atoms with Crippen LogP contribution in [0.5, 0.6) is 0 Å². The maximum Gasteiger partial charge on any atom is 0.00478 e. The molecule has 16 heavy (non-hydrogen) atoms. The summed E-state index contributed by atoms with van der Waals surface area (Å²) >= 11 is 0. The highest BCUT2D eigenvalue weighted by Gasteiger charge is 2.44. The van der Waals surface area contributed by atoms with Crippen LogP contribution < -0.4 is 5.32 Å². The molecule has 0 spiro atoms. The highest BCUT2D eigenvalue weighted by molar-refractivity contribution is 5.22. The summed E-state index contributed by atoms with van der Waals surface area (Å²) in [4.78, 5) is 0. The topological polar surface area (TPSA) is 12.0 Å². The minimum absolute atomic E-state index is 0.546. The third-order valence-corrected chi connectivity index (χ3v) is 4.30. The fourth-order valence-corrected chi connectivity index (χ4v) is 3.51. The summed E-state index contributed by atoms with van der Waals surface area (Å²) in [6.07, 6.45) is 10.9. The van der Waals surface area contributed by atoms with Gasteiger partial charge in [-0.05, 0) is 44.4 Å². The van der Waals surface area contributed by atoms with Gasteiger partial charge in [0, 0.05) is 18.0 Å². The number of allylic oxidation sites excluding steroid dienone is 1. The normalized spacial score (nSPS) is 34.8. The molecule has 92 valence electrons. The predicted molar refractivity (Wildman–Crippen MR) is 70.5 cm³/mol. The van der Waals surface area contributed by atoms with Gasteiger partial charge in [-0.3, -0.25) is 0 Å². The molecule has 0 radical (unpaired) electrons. The van der Waals surface area contributed by atoms with Crippen LogP contribution >= 0.6 is 0 Å². The van der Waals surface area contributed by atoms with Gasteiger partial charge in [0.25, 0.3) is 0 Å². The van der Waals surface area contributed by atoms with Crippen LogP contribution in [0.1, 0.15) is 59.3 Å². The first-order valence-electron chi connectivity index (χ1n) is 7.05. The second-order valence-corrected chi connectivity index (χ2v) is 6.30. The van der Waals surface area contributed by atoms with Gasteiger partial charge >= 0.3 is 0 Å². The van der Waals surface area contributed by atoms with E-state index < -0.39 is 0 Å². The van der Waals surface area contributed by atoms with Gasteiger partial charge in [0.05, 0.1) is 0 Å². The van der Waals surface area contributed by atoms with E-state index in [-0.39, 0.29) is 0 Å². The first kappa shape index (κ1) is 12.2. The zero-order valence-corrected chi connectivity index (χ0v) is 11.2. The van der Waals surface area contributed by atoms with E-state index in [1.807, 2.05) is 0 Å². The van der Waals surface area contributed by atoms with E-state index in [1.54, 1.807) is 5.57 Å². The van der Waals surface area contributed by atoms with Crippen LogP contribution in [-0.2, 0) is 0 Å². The van der Waals surface area contributed by atoms with Crippen molar-refractivity contribution in [3.63, 3.8) is 0 Å². The highest BCUT2D eigenvalue weighted by Crippen LogP contribution is 2.52. The molecule has 0 aromatic heterocycles. The summed E-state index contributed by atoms with van der Waals surface area (Å²) < 4.78 is 0. The van der Waals surface area contributed by atoms with Crippen molar-refractivity contribution in [1.82, 2.24) is 5.32 Å². The van der Waals surface area contributed by atoms with E-state index in [4.69, 9.17) is 0 Å². The molecule has 2 rings (SSSR count). The van der Waals surface area contributed by atoms with Gasteiger partial charge in [-0.15, -0.1) is 0 Å². The van der Waals surface area contributed by atoms with Gasteiger partial charge in [0.15, 0.2) is 0 Å². The molecule has 0 aromatic carbocycles. The van der Waals surface area contributed by atoms with Crippen molar-refractivity contribution in [1.29, 1.82) is 0 Å². The van der Waals surface area contributed by atoms with E-state index in [0.717, 1.165) is 5.92 Å². The number of hydrogen-bond donors (Lipinski definition) is 1. The largest absolute Gasteiger partial charge is 0.314 e. The zero-order chi connectivity index (χ0) is 11.6. The predicted octanol–water partition coefficient (Wildman–Crippen LogP) is 3.90. The molecule has 0 atom stereocenters. The first-order valence-corrected chi connectivity index (χ1v) is 7.05. The van der Waals surface area contributed by atoms with Crippen LogP contribution in [0.25, 0.3) is 0 Å². The van der Waals surface area contributed by atoms with Gasteiger partial charge < -0.3 is 5.32 Å². The lowest BCUT2D eigenvalue weighted by Crippen LogP contribution is -2.47. The number of hydrogen-bond acceptors (Lipinski definition) is 1. The fraction of sp³-hybridized carbons (Fsp3) is 0.867. The van der Waals surface area contributed by atoms with Crippen molar-refractivity contribution >= 4 is 0 Å². The smallest absolute Gasteiger partial charge is 0.00478 e. The van der Waals surface area contributed by atoms with E-state index in [1.165, 1.54) is 45.1 Å². The van der Waals surface area contributed by atoms with Crippen molar-refractivity contribution in [3.8, 4) is 0 Å². The summed E-state index contributed by atoms with van der Waals surface area (Å²) in [5.41, 5.74) is 2.33. The zero-order valence-electron chi connectivity index (χ0n) is 11.2. The molecule has 1 N–H and O–H groups in total. The Morgan fingerprint density at radius 2 is 2.12 bits per heavy atom. The quantitative estimate of drug-likeness (QED) is 0.710. The lowest BCUT2D eigenvalue weighted by Gasteiger charge is -2.50. The van der Waals surface area contributed by atoms with Gasteiger partial charge in [0.2, 0.25) is 0 Å². The Bertz CT molecular complexity index is 259. The average molecular weight is 221 g/mol. The lowest BCUT2D eigenvalue weighted by atomic mass is 9.57. The molecule has 0 amide bonds. The molecule has 1 nitrogen and oxygen atoms in total. The van der Waals surface area contributed by atoms with E-state index in [9.17, 15) is 0 Å². The monoisotopic (exact) mass is 221 g/mol. The average Bonchev–Trinajstić information content (AvgIpc) is 2.24. The Morgan fingerprint density at radius 3 is 2.62 bits per heavy atom. The summed E-state index contributed by atoms with van der Waals surface area (Å²) in [7, 11) is 0. The van der Waals surface area contributed by atoms with Crippen LogP contribution in [0, 0.1) is 11.3 Å². The van der Waals surface area contributed by atoms with Crippen molar-refractivity contribution < 1.29 is 0 Å². The van der Waals surface area contributed by atoms with Crippen LogP contribution in [0.2, 0.25) is 0 Å². The van der Waals surface area contributed by atoms with Gasteiger partial charge in [0.1, 0.15) is 0 Å². The summed E-state index contributed by atoms with van der Waals surface area (Å²) in [5.74, 6) is 0.941. The third-order valence-electron chi connectivity index (χ3n) is 4.30. The Labute approximate surface area is 101 Å². The Hall–Kier alpha value is -0.300. The van der Waals surface area contributed by atoms with E-state index in [0.29, 0.717) is 11.5 Å². The maximum absolute atomic E-state index is 3.67. The van der Waals surface area contributed by atoms with Crippen LogP contribution in [0.4, 0.5) is 0 Å². The van der Waals surface area contributed by atoms with Crippen molar-refractivity contribution in [3.05, 3.63) is 11.6 Å². The highest BCUT2D eigenvalue weighted by atomic mass is 14.9. The molecular weight excluding hydrogens is 194 g/mol. The molecule has 1 heteroatoms. The molecule has 0 heterocycles. The number of rotatable bonds is 4. The molecular formula is C15H27N. The van der Waals surface area contributed by atoms with E-state index in [2.05, 4.69) is 32.2 Å². The molecule has 0 unspecified atom stereocenters. The van der Waals surface area contributed by atoms with Crippen molar-refractivity contribution in [2.24, 2.45) is 11.3 Å². The maximum atomic E-state index is 3.67. The molecule has 0 aromatic rings. The minimum Gasteiger partial charge on any atom is -0.314 e. The second kappa shape index (κ2) is 4.91. The molecule has 2 aliphatic carbocycles. The first-order chi connectivity index (χ1) is 7.62. The lowest BCUT2D eigenvalue weighted by molar-refractivity contribution is 0.0976. The summed E-state index contributed by atoms with van der Waals surface area (Å²) in [6, 6.07) is 0.622. The Balaban J connectivity index is 2.01. The van der Waals surface area contributed by atoms with Gasteiger partial charge in [-0.1, -0.05) is 32.4 Å². The van der Waals surface area contributed by atoms with Crippen LogP contribution in [0.3, 0.4) is 0 Å². The summed E-state index contributed by atoms with van der Waals surface area (Å²) in [5, 5.41) is 3.67. The minimum atomic E-state index is 0.546. The molecule has 0 saturated heterocycles. The van der Waals surface area contributed by atoms with Crippen LogP contribution in [0.15, 0.2) is 11.6 Å². The van der Waals surface area contributed by atoms with Gasteiger partial charge in [-0.2, -0.15) is 0 Å². The third kappa shape index (κ3) is 2.51. The second-order valence-electron chi connectivity index (χ2n) is 6.30. The van der Waals surface area contributed by atoms with Crippen molar-refractivity contribution in [2.45, 2.75) is 65.3 Å². The standard InChI is InChI=1S/C15H27N/c1-12(2)16-11-15(9-13(3)10-15)14-7-5-4-6-8-14/h7,12-13,16H,4-6,8-11H2,1-3H3. The molecule has 2 aliphatic rings. The molecule has 0 aliphatic heterocycles. The molecule has 1 saturated carbocycles. The van der Waals surface area contributed by atoms with Gasteiger partial charge in [-0.25, -0.2) is 0 Å².